The molecule has 1 amide bonds. The summed E-state index contributed by atoms with van der Waals surface area (Å²) in [6.45, 7) is 1.94. The second kappa shape index (κ2) is 3.78. The van der Waals surface area contributed by atoms with Crippen molar-refractivity contribution in [2.45, 2.75) is 6.92 Å². The summed E-state index contributed by atoms with van der Waals surface area (Å²) in [6.07, 6.45) is 0. The molecule has 0 saturated heterocycles. The Morgan fingerprint density at radius 1 is 1.25 bits per heavy atom. The molecule has 0 atom stereocenters. The summed E-state index contributed by atoms with van der Waals surface area (Å²) in [4.78, 5) is 11.1. The van der Waals surface area contributed by atoms with E-state index < -0.39 is 5.91 Å². The molecule has 0 N–H and O–H groups in total. The van der Waals surface area contributed by atoms with Gasteiger partial charge >= 0.3 is 0 Å². The zero-order chi connectivity index (χ0) is 9.14. The zero-order valence-corrected chi connectivity index (χ0v) is 7.93. The van der Waals surface area contributed by atoms with E-state index in [1.165, 1.54) is 0 Å². The SMILES string of the molecule is Cc1ccc(C(=O)N(Cl)Cl)cc1. The number of amides is 1. The van der Waals surface area contributed by atoms with Crippen LogP contribution in [0, 0.1) is 6.92 Å². The molecule has 0 saturated carbocycles. The summed E-state index contributed by atoms with van der Waals surface area (Å²) in [5, 5.41) is 0. The van der Waals surface area contributed by atoms with Crippen molar-refractivity contribution in [2.24, 2.45) is 0 Å². The lowest BCUT2D eigenvalue weighted by molar-refractivity contribution is 0.0924. The average Bonchev–Trinajstić information content (AvgIpc) is 2.04. The molecule has 0 unspecified atom stereocenters. The van der Waals surface area contributed by atoms with Gasteiger partial charge in [-0.25, -0.2) is 0 Å². The first-order valence-corrected chi connectivity index (χ1v) is 4.01. The van der Waals surface area contributed by atoms with Gasteiger partial charge in [0, 0.05) is 29.1 Å². The molecule has 64 valence electrons. The number of halogens is 2. The monoisotopic (exact) mass is 203 g/mol. The van der Waals surface area contributed by atoms with Crippen molar-refractivity contribution in [2.75, 3.05) is 0 Å². The molecular weight excluding hydrogens is 197 g/mol. The predicted molar refractivity (Wildman–Crippen MR) is 49.1 cm³/mol. The highest BCUT2D eigenvalue weighted by molar-refractivity contribution is 6.43. The molecule has 1 aromatic rings. The van der Waals surface area contributed by atoms with E-state index in [0.29, 0.717) is 9.50 Å². The van der Waals surface area contributed by atoms with Crippen LogP contribution in [0.2, 0.25) is 0 Å². The molecule has 0 fully saturated rings. The van der Waals surface area contributed by atoms with Crippen LogP contribution in [0.1, 0.15) is 15.9 Å². The predicted octanol–water partition coefficient (Wildman–Crippen LogP) is 2.74. The van der Waals surface area contributed by atoms with Crippen LogP contribution in [0.3, 0.4) is 0 Å². The molecule has 1 rings (SSSR count). The Bertz CT molecular complexity index is 282. The van der Waals surface area contributed by atoms with Crippen molar-refractivity contribution < 1.29 is 4.79 Å². The maximum Gasteiger partial charge on any atom is 0.283 e. The highest BCUT2D eigenvalue weighted by Crippen LogP contribution is 2.10. The maximum atomic E-state index is 11.1. The summed E-state index contributed by atoms with van der Waals surface area (Å²) in [6, 6.07) is 7.00. The van der Waals surface area contributed by atoms with Gasteiger partial charge in [-0.2, -0.15) is 3.94 Å². The number of carbonyl (C=O) groups excluding carboxylic acids is 1. The summed E-state index contributed by atoms with van der Waals surface area (Å²) >= 11 is 10.5. The quantitative estimate of drug-likeness (QED) is 0.644. The van der Waals surface area contributed by atoms with Crippen LogP contribution < -0.4 is 0 Å². The Kier molecular flexibility index (Phi) is 2.95. The van der Waals surface area contributed by atoms with Gasteiger partial charge in [0.2, 0.25) is 0 Å². The number of aryl methyl sites for hydroxylation is 1. The first-order chi connectivity index (χ1) is 5.61. The smallest absolute Gasteiger partial charge is 0.266 e. The van der Waals surface area contributed by atoms with Crippen LogP contribution >= 0.6 is 23.6 Å². The number of nitrogens with zero attached hydrogens (tertiary/aromatic N) is 1. The average molecular weight is 204 g/mol. The second-order valence-corrected chi connectivity index (χ2v) is 3.25. The molecular formula is C8H7Cl2NO. The minimum Gasteiger partial charge on any atom is -0.266 e. The highest BCUT2D eigenvalue weighted by Gasteiger charge is 2.10. The molecule has 0 heterocycles. The van der Waals surface area contributed by atoms with Crippen molar-refractivity contribution in [3.05, 3.63) is 35.4 Å². The summed E-state index contributed by atoms with van der Waals surface area (Å²) in [5.41, 5.74) is 1.56. The van der Waals surface area contributed by atoms with Crippen LogP contribution in [0.4, 0.5) is 0 Å². The molecule has 2 nitrogen and oxygen atoms in total. The first-order valence-electron chi connectivity index (χ1n) is 3.34. The minimum atomic E-state index is -0.418. The van der Waals surface area contributed by atoms with Gasteiger partial charge in [0.1, 0.15) is 0 Å². The number of rotatable bonds is 1. The van der Waals surface area contributed by atoms with E-state index in [9.17, 15) is 4.79 Å². The van der Waals surface area contributed by atoms with Gasteiger partial charge in [0.05, 0.1) is 0 Å². The fourth-order valence-corrected chi connectivity index (χ4v) is 0.989. The molecule has 0 radical (unpaired) electrons. The summed E-state index contributed by atoms with van der Waals surface area (Å²) < 4.78 is 0.519. The Hall–Kier alpha value is -0.730. The molecule has 0 spiro atoms. The van der Waals surface area contributed by atoms with Crippen LogP contribution in [0.15, 0.2) is 24.3 Å². The molecule has 12 heavy (non-hydrogen) atoms. The van der Waals surface area contributed by atoms with E-state index >= 15 is 0 Å². The standard InChI is InChI=1S/C8H7Cl2NO/c1-6-2-4-7(5-3-6)8(12)11(9)10/h2-5H,1H3. The molecule has 0 aliphatic heterocycles. The molecule has 0 aromatic heterocycles. The van der Waals surface area contributed by atoms with Crippen molar-refractivity contribution in [3.63, 3.8) is 0 Å². The zero-order valence-electron chi connectivity index (χ0n) is 6.42. The van der Waals surface area contributed by atoms with Gasteiger partial charge in [-0.3, -0.25) is 4.79 Å². The van der Waals surface area contributed by atoms with Crippen molar-refractivity contribution >= 4 is 29.5 Å². The van der Waals surface area contributed by atoms with Gasteiger partial charge in [-0.1, -0.05) is 17.7 Å². The van der Waals surface area contributed by atoms with E-state index in [1.54, 1.807) is 12.1 Å². The lowest BCUT2D eigenvalue weighted by Crippen LogP contribution is -2.10. The van der Waals surface area contributed by atoms with Crippen LogP contribution in [-0.2, 0) is 0 Å². The van der Waals surface area contributed by atoms with Crippen LogP contribution in [0.5, 0.6) is 0 Å². The topological polar surface area (TPSA) is 20.3 Å². The number of hydrogen-bond acceptors (Lipinski definition) is 1. The largest absolute Gasteiger partial charge is 0.283 e. The number of benzene rings is 1. The van der Waals surface area contributed by atoms with Gasteiger partial charge in [-0.15, -0.1) is 0 Å². The lowest BCUT2D eigenvalue weighted by Gasteiger charge is -2.03. The van der Waals surface area contributed by atoms with Gasteiger partial charge in [-0.05, 0) is 19.1 Å². The fourth-order valence-electron chi connectivity index (χ4n) is 0.794. The van der Waals surface area contributed by atoms with E-state index in [4.69, 9.17) is 23.6 Å². The van der Waals surface area contributed by atoms with Gasteiger partial charge < -0.3 is 0 Å². The van der Waals surface area contributed by atoms with E-state index in [0.717, 1.165) is 5.56 Å². The van der Waals surface area contributed by atoms with E-state index in [-0.39, 0.29) is 0 Å². The van der Waals surface area contributed by atoms with Crippen molar-refractivity contribution in [1.82, 2.24) is 3.94 Å². The third-order valence-corrected chi connectivity index (χ3v) is 1.76. The second-order valence-electron chi connectivity index (χ2n) is 2.40. The fraction of sp³-hybridized carbons (Fsp3) is 0.125. The third-order valence-electron chi connectivity index (χ3n) is 1.45. The Morgan fingerprint density at radius 2 is 1.75 bits per heavy atom. The molecule has 0 aliphatic carbocycles. The Balaban J connectivity index is 2.90. The first kappa shape index (κ1) is 9.36. The minimum absolute atomic E-state index is 0.418. The number of hydrogen-bond donors (Lipinski definition) is 0. The van der Waals surface area contributed by atoms with Gasteiger partial charge in [0.25, 0.3) is 5.91 Å². The summed E-state index contributed by atoms with van der Waals surface area (Å²) in [5.74, 6) is -0.418. The Labute approximate surface area is 80.9 Å². The lowest BCUT2D eigenvalue weighted by atomic mass is 10.1. The number of carbonyl (C=O) groups is 1. The van der Waals surface area contributed by atoms with Crippen molar-refractivity contribution in [3.8, 4) is 0 Å². The highest BCUT2D eigenvalue weighted by atomic mass is 35.5. The van der Waals surface area contributed by atoms with Crippen LogP contribution in [-0.4, -0.2) is 9.85 Å². The maximum absolute atomic E-state index is 11.1. The molecule has 0 bridgehead atoms. The van der Waals surface area contributed by atoms with E-state index in [2.05, 4.69) is 0 Å². The van der Waals surface area contributed by atoms with Crippen molar-refractivity contribution in [1.29, 1.82) is 0 Å². The summed E-state index contributed by atoms with van der Waals surface area (Å²) in [7, 11) is 0. The molecule has 0 aliphatic rings. The van der Waals surface area contributed by atoms with E-state index in [1.807, 2.05) is 19.1 Å². The molecule has 4 heteroatoms. The van der Waals surface area contributed by atoms with Gasteiger partial charge in [0.15, 0.2) is 0 Å². The normalized spacial score (nSPS) is 9.58. The third kappa shape index (κ3) is 2.13. The van der Waals surface area contributed by atoms with Crippen LogP contribution in [0.25, 0.3) is 0 Å². The molecule has 1 aromatic carbocycles. The Morgan fingerprint density at radius 3 is 2.17 bits per heavy atom.